The van der Waals surface area contributed by atoms with Crippen LogP contribution in [0.2, 0.25) is 10.0 Å². The minimum absolute atomic E-state index is 0.0605. The quantitative estimate of drug-likeness (QED) is 0.705. The van der Waals surface area contributed by atoms with Crippen LogP contribution in [-0.4, -0.2) is 22.6 Å². The smallest absolute Gasteiger partial charge is 0.242 e. The zero-order valence-electron chi connectivity index (χ0n) is 15.0. The van der Waals surface area contributed by atoms with Crippen molar-refractivity contribution in [1.29, 1.82) is 0 Å². The van der Waals surface area contributed by atoms with Gasteiger partial charge in [-0.1, -0.05) is 42.3 Å². The summed E-state index contributed by atoms with van der Waals surface area (Å²) in [5, 5.41) is -0.00957. The Hall–Kier alpha value is -1.47. The number of hydrogen-bond acceptors (Lipinski definition) is 4. The van der Waals surface area contributed by atoms with Crippen molar-refractivity contribution < 1.29 is 17.9 Å². The summed E-state index contributed by atoms with van der Waals surface area (Å²) in [6, 6.07) is 7.99. The van der Waals surface area contributed by atoms with Gasteiger partial charge in [-0.25, -0.2) is 13.1 Å². The molecule has 142 valence electrons. The van der Waals surface area contributed by atoms with Gasteiger partial charge in [0.15, 0.2) is 0 Å². The van der Waals surface area contributed by atoms with Crippen LogP contribution >= 0.6 is 23.2 Å². The first-order chi connectivity index (χ1) is 12.2. The van der Waals surface area contributed by atoms with Crippen molar-refractivity contribution in [3.8, 4) is 11.5 Å². The predicted octanol–water partition coefficient (Wildman–Crippen LogP) is 4.75. The molecule has 5 nitrogen and oxygen atoms in total. The Labute approximate surface area is 164 Å². The van der Waals surface area contributed by atoms with Crippen LogP contribution < -0.4 is 14.2 Å². The van der Waals surface area contributed by atoms with Crippen molar-refractivity contribution in [3.05, 3.63) is 51.5 Å². The van der Waals surface area contributed by atoms with Crippen molar-refractivity contribution in [2.75, 3.05) is 14.2 Å². The molecule has 0 fully saturated rings. The Morgan fingerprint density at radius 2 is 1.65 bits per heavy atom. The molecular formula is C18H21Cl2NO4S. The van der Waals surface area contributed by atoms with Crippen molar-refractivity contribution in [3.63, 3.8) is 0 Å². The lowest BCUT2D eigenvalue weighted by Crippen LogP contribution is -2.28. The maximum Gasteiger partial charge on any atom is 0.242 e. The Balaban J connectivity index is 2.38. The van der Waals surface area contributed by atoms with E-state index in [0.29, 0.717) is 12.2 Å². The number of ether oxygens (including phenoxy) is 2. The van der Waals surface area contributed by atoms with Crippen LogP contribution in [0.4, 0.5) is 0 Å². The van der Waals surface area contributed by atoms with E-state index in [9.17, 15) is 8.42 Å². The van der Waals surface area contributed by atoms with E-state index in [4.69, 9.17) is 32.7 Å². The van der Waals surface area contributed by atoms with Crippen LogP contribution in [0.1, 0.15) is 30.5 Å². The highest BCUT2D eigenvalue weighted by atomic mass is 35.5. The molecule has 26 heavy (non-hydrogen) atoms. The third-order valence-electron chi connectivity index (χ3n) is 4.05. The van der Waals surface area contributed by atoms with E-state index >= 15 is 0 Å². The lowest BCUT2D eigenvalue weighted by atomic mass is 10.0. The first-order valence-electron chi connectivity index (χ1n) is 7.94. The molecule has 0 saturated carbocycles. The molecule has 0 heterocycles. The molecule has 2 aromatic rings. The monoisotopic (exact) mass is 417 g/mol. The van der Waals surface area contributed by atoms with Gasteiger partial charge in [0.1, 0.15) is 21.4 Å². The van der Waals surface area contributed by atoms with Gasteiger partial charge >= 0.3 is 0 Å². The summed E-state index contributed by atoms with van der Waals surface area (Å²) in [6.07, 6.45) is 0.562. The fourth-order valence-electron chi connectivity index (χ4n) is 2.64. The van der Waals surface area contributed by atoms with Crippen LogP contribution in [0.3, 0.4) is 0 Å². The number of nitrogens with one attached hydrogen (secondary N) is 1. The Bertz CT molecular complexity index is 900. The second kappa shape index (κ2) is 8.48. The van der Waals surface area contributed by atoms with Crippen LogP contribution in [0, 0.1) is 6.92 Å². The average Bonchev–Trinajstić information content (AvgIpc) is 2.61. The van der Waals surface area contributed by atoms with Crippen LogP contribution in [0.5, 0.6) is 11.5 Å². The van der Waals surface area contributed by atoms with Crippen LogP contribution in [-0.2, 0) is 10.0 Å². The van der Waals surface area contributed by atoms with E-state index in [1.54, 1.807) is 7.11 Å². The summed E-state index contributed by atoms with van der Waals surface area (Å²) in [7, 11) is -0.851. The first-order valence-corrected chi connectivity index (χ1v) is 10.2. The number of rotatable bonds is 7. The first kappa shape index (κ1) is 20.8. The maximum absolute atomic E-state index is 12.8. The van der Waals surface area contributed by atoms with E-state index in [1.807, 2.05) is 32.0 Å². The van der Waals surface area contributed by atoms with Gasteiger partial charge in [0.2, 0.25) is 10.0 Å². The number of benzene rings is 2. The molecule has 8 heteroatoms. The predicted molar refractivity (Wildman–Crippen MR) is 104 cm³/mol. The lowest BCUT2D eigenvalue weighted by molar-refractivity contribution is 0.411. The van der Waals surface area contributed by atoms with E-state index in [2.05, 4.69) is 4.72 Å². The van der Waals surface area contributed by atoms with E-state index < -0.39 is 16.1 Å². The zero-order chi connectivity index (χ0) is 19.5. The van der Waals surface area contributed by atoms with Crippen LogP contribution in [0.15, 0.2) is 35.2 Å². The molecule has 2 rings (SSSR count). The van der Waals surface area contributed by atoms with Crippen molar-refractivity contribution in [1.82, 2.24) is 4.72 Å². The fourth-order valence-corrected chi connectivity index (χ4v) is 4.78. The van der Waals surface area contributed by atoms with Gasteiger partial charge < -0.3 is 9.47 Å². The Kier molecular flexibility index (Phi) is 6.80. The standard InChI is InChI=1S/C18H21Cl2NO4S/c1-5-13(12-6-7-14(24-3)11(2)10-12)21-26(22,23)16-9-8-15(25-4)17(19)18(16)20/h6-10,13,21H,5H2,1-4H3. The molecular weight excluding hydrogens is 397 g/mol. The summed E-state index contributed by atoms with van der Waals surface area (Å²) in [6.45, 7) is 3.80. The minimum atomic E-state index is -3.88. The maximum atomic E-state index is 12.8. The lowest BCUT2D eigenvalue weighted by Gasteiger charge is -2.20. The van der Waals surface area contributed by atoms with Gasteiger partial charge in [0, 0.05) is 6.04 Å². The third-order valence-corrected chi connectivity index (χ3v) is 6.54. The van der Waals surface area contributed by atoms with Gasteiger partial charge in [-0.2, -0.15) is 0 Å². The Morgan fingerprint density at radius 1 is 1.04 bits per heavy atom. The third kappa shape index (κ3) is 4.26. The molecule has 0 aliphatic carbocycles. The van der Waals surface area contributed by atoms with Gasteiger partial charge in [-0.05, 0) is 42.7 Å². The molecule has 0 radical (unpaired) electrons. The highest BCUT2D eigenvalue weighted by Gasteiger charge is 2.25. The van der Waals surface area contributed by atoms with E-state index in [1.165, 1.54) is 19.2 Å². The molecule has 1 atom stereocenters. The summed E-state index contributed by atoms with van der Waals surface area (Å²) < 4.78 is 38.7. The molecule has 0 aliphatic heterocycles. The second-order valence-corrected chi connectivity index (χ2v) is 8.14. The number of methoxy groups -OCH3 is 2. The summed E-state index contributed by atoms with van der Waals surface area (Å²) in [5.74, 6) is 1.06. The highest BCUT2D eigenvalue weighted by molar-refractivity contribution is 7.89. The van der Waals surface area contributed by atoms with E-state index in [-0.39, 0.29) is 14.9 Å². The number of hydrogen-bond donors (Lipinski definition) is 1. The minimum Gasteiger partial charge on any atom is -0.496 e. The summed E-state index contributed by atoms with van der Waals surface area (Å²) in [4.78, 5) is -0.0892. The number of aryl methyl sites for hydroxylation is 1. The second-order valence-electron chi connectivity index (χ2n) is 5.71. The van der Waals surface area contributed by atoms with Gasteiger partial charge in [-0.15, -0.1) is 0 Å². The molecule has 0 aliphatic rings. The Morgan fingerprint density at radius 3 is 2.19 bits per heavy atom. The van der Waals surface area contributed by atoms with Gasteiger partial charge in [-0.3, -0.25) is 0 Å². The average molecular weight is 418 g/mol. The topological polar surface area (TPSA) is 64.6 Å². The van der Waals surface area contributed by atoms with Crippen molar-refractivity contribution in [2.45, 2.75) is 31.2 Å². The largest absolute Gasteiger partial charge is 0.496 e. The summed E-state index contributed by atoms with van der Waals surface area (Å²) >= 11 is 12.2. The molecule has 0 bridgehead atoms. The molecule has 0 amide bonds. The molecule has 0 spiro atoms. The number of sulfonamides is 1. The van der Waals surface area contributed by atoms with Crippen LogP contribution in [0.25, 0.3) is 0 Å². The summed E-state index contributed by atoms with van der Waals surface area (Å²) in [5.41, 5.74) is 1.76. The van der Waals surface area contributed by atoms with Gasteiger partial charge in [0.05, 0.1) is 19.2 Å². The SMILES string of the molecule is CCC(NS(=O)(=O)c1ccc(OC)c(Cl)c1Cl)c1ccc(OC)c(C)c1. The molecule has 1 unspecified atom stereocenters. The van der Waals surface area contributed by atoms with Crippen molar-refractivity contribution >= 4 is 33.2 Å². The van der Waals surface area contributed by atoms with Crippen molar-refractivity contribution in [2.24, 2.45) is 0 Å². The number of halogens is 2. The molecule has 2 aromatic carbocycles. The fraction of sp³-hybridized carbons (Fsp3) is 0.333. The van der Waals surface area contributed by atoms with Gasteiger partial charge in [0.25, 0.3) is 0 Å². The molecule has 1 N–H and O–H groups in total. The molecule has 0 saturated heterocycles. The normalized spacial score (nSPS) is 12.7. The molecule has 0 aromatic heterocycles. The zero-order valence-corrected chi connectivity index (χ0v) is 17.3. The van der Waals surface area contributed by atoms with E-state index in [0.717, 1.165) is 16.9 Å². The highest BCUT2D eigenvalue weighted by Crippen LogP contribution is 2.37.